The number of nitrogens with zero attached hydrogens (tertiary/aromatic N) is 2. The summed E-state index contributed by atoms with van der Waals surface area (Å²) >= 11 is 0. The first-order chi connectivity index (χ1) is 16.2. The maximum absolute atomic E-state index is 13.2. The van der Waals surface area contributed by atoms with Crippen molar-refractivity contribution in [2.75, 3.05) is 18.1 Å². The highest BCUT2D eigenvalue weighted by Gasteiger charge is 2.36. The number of benzene rings is 2. The summed E-state index contributed by atoms with van der Waals surface area (Å²) in [5, 5.41) is 2.94. The van der Waals surface area contributed by atoms with Crippen LogP contribution in [0.15, 0.2) is 72.9 Å². The molecule has 0 radical (unpaired) electrons. The maximum Gasteiger partial charge on any atom is 0.274 e. The summed E-state index contributed by atoms with van der Waals surface area (Å²) < 4.78 is 11.6. The molecule has 0 spiro atoms. The van der Waals surface area contributed by atoms with Crippen LogP contribution in [-0.4, -0.2) is 29.9 Å². The number of para-hydroxylation sites is 1. The molecule has 0 fully saturated rings. The van der Waals surface area contributed by atoms with E-state index in [1.54, 1.807) is 23.2 Å². The number of anilines is 1. The number of amides is 2. The van der Waals surface area contributed by atoms with Gasteiger partial charge in [0.05, 0.1) is 6.61 Å². The molecule has 0 bridgehead atoms. The number of pyridine rings is 1. The van der Waals surface area contributed by atoms with Crippen molar-refractivity contribution in [3.8, 4) is 11.5 Å². The van der Waals surface area contributed by atoms with E-state index in [1.807, 2.05) is 61.5 Å². The molecule has 4 rings (SSSR count). The first kappa shape index (κ1) is 22.3. The lowest BCUT2D eigenvalue weighted by molar-refractivity contribution is -0.127. The van der Waals surface area contributed by atoms with Gasteiger partial charge in [0.2, 0.25) is 12.0 Å². The van der Waals surface area contributed by atoms with Crippen LogP contribution in [0.1, 0.15) is 37.0 Å². The Morgan fingerprint density at radius 1 is 1.09 bits per heavy atom. The van der Waals surface area contributed by atoms with Crippen molar-refractivity contribution in [2.24, 2.45) is 0 Å². The van der Waals surface area contributed by atoms with Crippen molar-refractivity contribution in [2.45, 2.75) is 32.4 Å². The topological polar surface area (TPSA) is 80.8 Å². The molecule has 1 N–H and O–H groups in total. The molecule has 1 aromatic heterocycles. The average Bonchev–Trinajstić information content (AvgIpc) is 2.85. The first-order valence-corrected chi connectivity index (χ1v) is 11.1. The third kappa shape index (κ3) is 5.31. The van der Waals surface area contributed by atoms with Crippen LogP contribution in [0, 0.1) is 0 Å². The number of hydrogen-bond donors (Lipinski definition) is 1. The van der Waals surface area contributed by atoms with Crippen molar-refractivity contribution >= 4 is 17.6 Å². The Bertz CT molecular complexity index is 1100. The summed E-state index contributed by atoms with van der Waals surface area (Å²) in [7, 11) is 0. The Labute approximate surface area is 193 Å². The van der Waals surface area contributed by atoms with Crippen molar-refractivity contribution in [1.29, 1.82) is 0 Å². The van der Waals surface area contributed by atoms with Gasteiger partial charge in [0.15, 0.2) is 11.6 Å². The largest absolute Gasteiger partial charge is 0.494 e. The molecule has 2 aromatic carbocycles. The molecule has 3 aromatic rings. The third-order valence-corrected chi connectivity index (χ3v) is 5.38. The molecule has 33 heavy (non-hydrogen) atoms. The highest BCUT2D eigenvalue weighted by molar-refractivity contribution is 5.99. The minimum absolute atomic E-state index is 0.0807. The van der Waals surface area contributed by atoms with Crippen LogP contribution in [0.5, 0.6) is 11.5 Å². The second-order valence-corrected chi connectivity index (χ2v) is 7.64. The quantitative estimate of drug-likeness (QED) is 0.538. The van der Waals surface area contributed by atoms with E-state index < -0.39 is 6.10 Å². The van der Waals surface area contributed by atoms with Gasteiger partial charge < -0.3 is 14.8 Å². The van der Waals surface area contributed by atoms with E-state index in [0.29, 0.717) is 44.1 Å². The van der Waals surface area contributed by atoms with E-state index in [9.17, 15) is 9.59 Å². The van der Waals surface area contributed by atoms with E-state index in [2.05, 4.69) is 10.3 Å². The van der Waals surface area contributed by atoms with Gasteiger partial charge >= 0.3 is 0 Å². The molecule has 7 heteroatoms. The lowest BCUT2D eigenvalue weighted by Gasteiger charge is -2.33. The summed E-state index contributed by atoms with van der Waals surface area (Å²) in [6.07, 6.45) is 1.70. The zero-order chi connectivity index (χ0) is 23.0. The Balaban J connectivity index is 1.37. The third-order valence-electron chi connectivity index (χ3n) is 5.38. The average molecular weight is 446 g/mol. The molecule has 1 atom stereocenters. The maximum atomic E-state index is 13.2. The molecule has 0 unspecified atom stereocenters. The summed E-state index contributed by atoms with van der Waals surface area (Å²) in [5.41, 5.74) is 1.72. The van der Waals surface area contributed by atoms with Gasteiger partial charge in [-0.2, -0.15) is 0 Å². The van der Waals surface area contributed by atoms with Gasteiger partial charge in [-0.05, 0) is 31.5 Å². The standard InChI is InChI=1S/C26H27N3O4/c1-2-32-21-13-7-6-12-20(21)18-28-23(30)15-9-17-29-25-22(14-8-16-27-25)33-24(26(29)31)19-10-4-3-5-11-19/h3-8,10-14,16,24H,2,9,15,17-18H2,1H3,(H,28,30)/t24-/m0/s1. The summed E-state index contributed by atoms with van der Waals surface area (Å²) in [6.45, 7) is 3.26. The monoisotopic (exact) mass is 445 g/mol. The van der Waals surface area contributed by atoms with Gasteiger partial charge in [0, 0.05) is 36.8 Å². The van der Waals surface area contributed by atoms with Crippen LogP contribution in [0.2, 0.25) is 0 Å². The van der Waals surface area contributed by atoms with Gasteiger partial charge in [-0.3, -0.25) is 14.5 Å². The van der Waals surface area contributed by atoms with Gasteiger partial charge in [0.1, 0.15) is 5.75 Å². The zero-order valence-corrected chi connectivity index (χ0v) is 18.6. The van der Waals surface area contributed by atoms with Crippen molar-refractivity contribution in [1.82, 2.24) is 10.3 Å². The predicted octanol–water partition coefficient (Wildman–Crippen LogP) is 4.04. The van der Waals surface area contributed by atoms with Crippen LogP contribution >= 0.6 is 0 Å². The van der Waals surface area contributed by atoms with Crippen LogP contribution in [0.25, 0.3) is 0 Å². The number of rotatable bonds is 9. The van der Waals surface area contributed by atoms with E-state index in [0.717, 1.165) is 16.9 Å². The Morgan fingerprint density at radius 3 is 2.70 bits per heavy atom. The van der Waals surface area contributed by atoms with Gasteiger partial charge in [-0.25, -0.2) is 4.98 Å². The van der Waals surface area contributed by atoms with E-state index in [-0.39, 0.29) is 11.8 Å². The number of fused-ring (bicyclic) bond motifs is 1. The molecule has 170 valence electrons. The van der Waals surface area contributed by atoms with Gasteiger partial charge in [-0.1, -0.05) is 48.5 Å². The molecule has 2 heterocycles. The number of aromatic nitrogens is 1. The van der Waals surface area contributed by atoms with Crippen molar-refractivity contribution < 1.29 is 19.1 Å². The first-order valence-electron chi connectivity index (χ1n) is 11.1. The molecule has 0 saturated heterocycles. The lowest BCUT2D eigenvalue weighted by atomic mass is 10.1. The van der Waals surface area contributed by atoms with Crippen LogP contribution in [0.4, 0.5) is 5.82 Å². The molecule has 0 aliphatic carbocycles. The van der Waals surface area contributed by atoms with Crippen LogP contribution < -0.4 is 19.7 Å². The number of carbonyl (C=O) groups is 2. The lowest BCUT2D eigenvalue weighted by Crippen LogP contribution is -2.42. The Morgan fingerprint density at radius 2 is 1.88 bits per heavy atom. The molecule has 0 saturated carbocycles. The normalized spacial score (nSPS) is 14.9. The highest BCUT2D eigenvalue weighted by atomic mass is 16.5. The molecular formula is C26H27N3O4. The SMILES string of the molecule is CCOc1ccccc1CNC(=O)CCCN1C(=O)[C@H](c2ccccc2)Oc2cccnc21. The number of ether oxygens (including phenoxy) is 2. The zero-order valence-electron chi connectivity index (χ0n) is 18.6. The minimum atomic E-state index is -0.730. The Kier molecular flexibility index (Phi) is 7.19. The van der Waals surface area contributed by atoms with Crippen LogP contribution in [-0.2, 0) is 16.1 Å². The van der Waals surface area contributed by atoms with Crippen molar-refractivity contribution in [3.05, 3.63) is 84.1 Å². The number of hydrogen-bond acceptors (Lipinski definition) is 5. The molecule has 2 amide bonds. The van der Waals surface area contributed by atoms with Gasteiger partial charge in [-0.15, -0.1) is 0 Å². The summed E-state index contributed by atoms with van der Waals surface area (Å²) in [4.78, 5) is 31.6. The van der Waals surface area contributed by atoms with E-state index in [1.165, 1.54) is 0 Å². The Hall–Kier alpha value is -3.87. The number of nitrogens with one attached hydrogen (secondary N) is 1. The van der Waals surface area contributed by atoms with Crippen molar-refractivity contribution in [3.63, 3.8) is 0 Å². The summed E-state index contributed by atoms with van der Waals surface area (Å²) in [5.74, 6) is 1.55. The highest BCUT2D eigenvalue weighted by Crippen LogP contribution is 2.37. The fourth-order valence-electron chi connectivity index (χ4n) is 3.78. The minimum Gasteiger partial charge on any atom is -0.494 e. The fourth-order valence-corrected chi connectivity index (χ4v) is 3.78. The predicted molar refractivity (Wildman–Crippen MR) is 125 cm³/mol. The van der Waals surface area contributed by atoms with Gasteiger partial charge in [0.25, 0.3) is 5.91 Å². The smallest absolute Gasteiger partial charge is 0.274 e. The molecular weight excluding hydrogens is 418 g/mol. The van der Waals surface area contributed by atoms with Crippen LogP contribution in [0.3, 0.4) is 0 Å². The summed E-state index contributed by atoms with van der Waals surface area (Å²) in [6, 6.07) is 20.6. The fraction of sp³-hybridized carbons (Fsp3) is 0.269. The molecule has 1 aliphatic heterocycles. The molecule has 1 aliphatic rings. The number of carbonyl (C=O) groups excluding carboxylic acids is 2. The second kappa shape index (κ2) is 10.6. The van der Waals surface area contributed by atoms with E-state index in [4.69, 9.17) is 9.47 Å². The second-order valence-electron chi connectivity index (χ2n) is 7.64. The molecule has 7 nitrogen and oxygen atoms in total. The van der Waals surface area contributed by atoms with E-state index >= 15 is 0 Å².